The summed E-state index contributed by atoms with van der Waals surface area (Å²) >= 11 is 0. The van der Waals surface area contributed by atoms with E-state index >= 15 is 0 Å². The summed E-state index contributed by atoms with van der Waals surface area (Å²) in [6, 6.07) is 10.5. The lowest BCUT2D eigenvalue weighted by atomic mass is 9.52. The standard InChI is InChI=1S/C38H44O6/c1-21-11-17-38-27(21)31-26(13-16-36(38,5)44-38)37(33(40)43-31)20-24-19-34(37,3)29-28(24)35(4,41-18-14-23-9-7-6-8-10-23)15-12-25-22(2)32(39)42-30(25)29/h6-11,24-27,30-31H,2,12-20H2,1,3-5H3/t24-,25-,26+,27+,30-,31-,34+,35-,36-,37-,38+/m0/s1. The van der Waals surface area contributed by atoms with Gasteiger partial charge in [-0.05, 0) is 94.8 Å². The Morgan fingerprint density at radius 1 is 1.00 bits per heavy atom. The Labute approximate surface area is 260 Å². The van der Waals surface area contributed by atoms with Crippen LogP contribution in [-0.4, -0.2) is 47.6 Å². The van der Waals surface area contributed by atoms with Gasteiger partial charge in [-0.25, -0.2) is 4.79 Å². The highest BCUT2D eigenvalue weighted by Crippen LogP contribution is 2.78. The molecule has 0 aromatic heterocycles. The highest BCUT2D eigenvalue weighted by atomic mass is 16.6. The summed E-state index contributed by atoms with van der Waals surface area (Å²) in [7, 11) is 0. The average molecular weight is 597 g/mol. The number of hydrogen-bond acceptors (Lipinski definition) is 6. The molecule has 0 unspecified atom stereocenters. The lowest BCUT2D eigenvalue weighted by Gasteiger charge is -2.48. The minimum Gasteiger partial charge on any atom is -0.461 e. The number of carbonyl (C=O) groups excluding carboxylic acids is 2. The van der Waals surface area contributed by atoms with E-state index in [9.17, 15) is 9.59 Å². The fourth-order valence-electron chi connectivity index (χ4n) is 12.1. The first-order valence-corrected chi connectivity index (χ1v) is 16.9. The molecule has 0 radical (unpaired) electrons. The first kappa shape index (κ1) is 27.6. The highest BCUT2D eigenvalue weighted by Gasteiger charge is 2.82. The van der Waals surface area contributed by atoms with Crippen molar-refractivity contribution in [3.8, 4) is 0 Å². The van der Waals surface area contributed by atoms with Crippen molar-refractivity contribution in [3.63, 3.8) is 0 Å². The van der Waals surface area contributed by atoms with Crippen molar-refractivity contribution in [1.29, 1.82) is 0 Å². The number of epoxide rings is 1. The number of esters is 2. The van der Waals surface area contributed by atoms with Gasteiger partial charge in [0.05, 0.1) is 23.2 Å². The zero-order chi connectivity index (χ0) is 30.4. The molecule has 2 bridgehead atoms. The van der Waals surface area contributed by atoms with Gasteiger partial charge in [-0.2, -0.15) is 0 Å². The van der Waals surface area contributed by atoms with Crippen molar-refractivity contribution >= 4 is 11.9 Å². The number of fused-ring (bicyclic) bond motifs is 10. The van der Waals surface area contributed by atoms with Gasteiger partial charge < -0.3 is 18.9 Å². The third-order valence-corrected chi connectivity index (χ3v) is 14.1. The molecule has 5 fully saturated rings. The van der Waals surface area contributed by atoms with Gasteiger partial charge in [0, 0.05) is 28.7 Å². The van der Waals surface area contributed by atoms with Gasteiger partial charge in [0.1, 0.15) is 17.8 Å². The zero-order valence-electron chi connectivity index (χ0n) is 26.4. The maximum Gasteiger partial charge on any atom is 0.334 e. The second kappa shape index (κ2) is 8.55. The van der Waals surface area contributed by atoms with E-state index in [-0.39, 0.29) is 59.0 Å². The molecule has 3 saturated heterocycles. The van der Waals surface area contributed by atoms with Crippen LogP contribution in [0.15, 0.2) is 65.3 Å². The van der Waals surface area contributed by atoms with Crippen LogP contribution < -0.4 is 0 Å². The van der Waals surface area contributed by atoms with Crippen molar-refractivity contribution in [1.82, 2.24) is 0 Å². The largest absolute Gasteiger partial charge is 0.461 e. The second-order valence-corrected chi connectivity index (χ2v) is 15.9. The number of ether oxygens (including phenoxy) is 4. The summed E-state index contributed by atoms with van der Waals surface area (Å²) in [4.78, 5) is 27.6. The SMILES string of the molecule is C=C1C(=O)O[C@@H]2C3=C([C@H]4C[C@@]3(C)[C@]3(C4)C(=O)O[C@@H]4[C@H]5C(C)=CC[C@@]56O[C@@]6(C)CC[C@H]43)[C@@](C)(OCCc3ccccc3)CC[C@@H]12. The predicted octanol–water partition coefficient (Wildman–Crippen LogP) is 6.44. The molecule has 9 rings (SSSR count). The lowest BCUT2D eigenvalue weighted by Crippen LogP contribution is -2.51. The number of carbonyl (C=O) groups is 2. The summed E-state index contributed by atoms with van der Waals surface area (Å²) in [5, 5.41) is 0. The Hall–Kier alpha value is -2.70. The molecule has 6 nitrogen and oxygen atoms in total. The van der Waals surface area contributed by atoms with Gasteiger partial charge in [0.15, 0.2) is 0 Å². The second-order valence-electron chi connectivity index (χ2n) is 15.9. The number of rotatable bonds is 4. The van der Waals surface area contributed by atoms with Gasteiger partial charge in [-0.1, -0.05) is 55.5 Å². The minimum atomic E-state index is -0.644. The quantitative estimate of drug-likeness (QED) is 0.172. The monoisotopic (exact) mass is 596 g/mol. The van der Waals surface area contributed by atoms with Crippen LogP contribution in [0.2, 0.25) is 0 Å². The maximum absolute atomic E-state index is 14.6. The summed E-state index contributed by atoms with van der Waals surface area (Å²) in [6.07, 6.45) is 8.59. The zero-order valence-corrected chi connectivity index (χ0v) is 26.4. The van der Waals surface area contributed by atoms with Gasteiger partial charge in [0.2, 0.25) is 0 Å². The van der Waals surface area contributed by atoms with Crippen LogP contribution >= 0.6 is 0 Å². The van der Waals surface area contributed by atoms with E-state index in [0.717, 1.165) is 56.9 Å². The van der Waals surface area contributed by atoms with E-state index in [0.29, 0.717) is 12.2 Å². The van der Waals surface area contributed by atoms with Crippen molar-refractivity contribution in [2.75, 3.05) is 6.61 Å². The molecule has 6 heteroatoms. The fraction of sp³-hybridized carbons (Fsp3) is 0.632. The van der Waals surface area contributed by atoms with Crippen LogP contribution in [0.5, 0.6) is 0 Å². The number of hydrogen-bond donors (Lipinski definition) is 0. The van der Waals surface area contributed by atoms with Crippen LogP contribution in [0.1, 0.15) is 78.2 Å². The van der Waals surface area contributed by atoms with Crippen LogP contribution in [0.4, 0.5) is 0 Å². The Morgan fingerprint density at radius 2 is 1.80 bits per heavy atom. The Balaban J connectivity index is 1.14. The summed E-state index contributed by atoms with van der Waals surface area (Å²) < 4.78 is 26.3. The van der Waals surface area contributed by atoms with Crippen molar-refractivity contribution in [2.45, 2.75) is 108 Å². The Morgan fingerprint density at radius 3 is 2.59 bits per heavy atom. The fourth-order valence-corrected chi connectivity index (χ4v) is 12.1. The maximum atomic E-state index is 14.6. The molecule has 2 spiro atoms. The normalized spacial score (nSPS) is 49.5. The van der Waals surface area contributed by atoms with Gasteiger partial charge >= 0.3 is 11.9 Å². The highest BCUT2D eigenvalue weighted by molar-refractivity contribution is 5.92. The van der Waals surface area contributed by atoms with Crippen molar-refractivity contribution < 1.29 is 28.5 Å². The molecule has 44 heavy (non-hydrogen) atoms. The van der Waals surface area contributed by atoms with Crippen molar-refractivity contribution in [3.05, 3.63) is 70.8 Å². The topological polar surface area (TPSA) is 74.4 Å². The minimum absolute atomic E-state index is 0.0428. The molecule has 0 N–H and O–H groups in total. The Kier molecular flexibility index (Phi) is 5.37. The molecule has 5 aliphatic carbocycles. The van der Waals surface area contributed by atoms with Crippen LogP contribution in [0.3, 0.4) is 0 Å². The van der Waals surface area contributed by atoms with E-state index in [1.54, 1.807) is 0 Å². The average Bonchev–Trinajstić information content (AvgIpc) is 3.34. The Bertz CT molecular complexity index is 1570. The molecular formula is C38H44O6. The number of benzene rings is 1. The molecule has 3 heterocycles. The van der Waals surface area contributed by atoms with Crippen LogP contribution in [0.25, 0.3) is 0 Å². The molecule has 0 amide bonds. The lowest BCUT2D eigenvalue weighted by molar-refractivity contribution is -0.154. The summed E-state index contributed by atoms with van der Waals surface area (Å²) in [5.74, 6) is -0.0289. The first-order valence-electron chi connectivity index (χ1n) is 16.9. The summed E-state index contributed by atoms with van der Waals surface area (Å²) in [5.41, 5.74) is 3.57. The molecule has 232 valence electrons. The third-order valence-electron chi connectivity index (χ3n) is 14.1. The first-order chi connectivity index (χ1) is 21.0. The molecule has 11 atom stereocenters. The van der Waals surface area contributed by atoms with E-state index in [4.69, 9.17) is 18.9 Å². The van der Waals surface area contributed by atoms with Crippen molar-refractivity contribution in [2.24, 2.45) is 34.5 Å². The summed E-state index contributed by atoms with van der Waals surface area (Å²) in [6.45, 7) is 13.8. The van der Waals surface area contributed by atoms with E-state index in [1.165, 1.54) is 16.7 Å². The molecule has 1 aromatic rings. The third kappa shape index (κ3) is 3.10. The van der Waals surface area contributed by atoms with E-state index < -0.39 is 16.4 Å². The van der Waals surface area contributed by atoms with Crippen LogP contribution in [-0.2, 0) is 35.0 Å². The smallest absolute Gasteiger partial charge is 0.334 e. The molecular weight excluding hydrogens is 552 g/mol. The van der Waals surface area contributed by atoms with Gasteiger partial charge in [-0.15, -0.1) is 0 Å². The molecule has 8 aliphatic rings. The van der Waals surface area contributed by atoms with E-state index in [2.05, 4.69) is 64.6 Å². The van der Waals surface area contributed by atoms with Gasteiger partial charge in [0.25, 0.3) is 0 Å². The van der Waals surface area contributed by atoms with Crippen LogP contribution in [0, 0.1) is 34.5 Å². The van der Waals surface area contributed by atoms with E-state index in [1.807, 2.05) is 6.07 Å². The molecule has 2 saturated carbocycles. The molecule has 3 aliphatic heterocycles. The van der Waals surface area contributed by atoms with Gasteiger partial charge in [-0.3, -0.25) is 4.79 Å². The predicted molar refractivity (Wildman–Crippen MR) is 163 cm³/mol. The molecule has 1 aromatic carbocycles.